The zero-order chi connectivity index (χ0) is 22.9. The third kappa shape index (κ3) is 4.55. The molecule has 3 fully saturated rings. The zero-order valence-electron chi connectivity index (χ0n) is 19.7. The number of rotatable bonds is 4. The molecule has 1 aromatic carbocycles. The number of piperidine rings is 2. The number of hydrogen-bond donors (Lipinski definition) is 2. The Morgan fingerprint density at radius 3 is 2.62 bits per heavy atom. The van der Waals surface area contributed by atoms with Crippen LogP contribution in [0.4, 0.5) is 0 Å². The molecule has 2 aromatic rings. The monoisotopic (exact) mass is 478 g/mol. The van der Waals surface area contributed by atoms with Gasteiger partial charge in [0.25, 0.3) is 0 Å². The van der Waals surface area contributed by atoms with Crippen molar-refractivity contribution in [3.05, 3.63) is 29.3 Å². The Labute approximate surface area is 205 Å². The Morgan fingerprint density at radius 2 is 1.85 bits per heavy atom. The molecule has 180 valence electrons. The van der Waals surface area contributed by atoms with Gasteiger partial charge < -0.3 is 15.5 Å². The molecule has 3 aliphatic heterocycles. The van der Waals surface area contributed by atoms with Crippen LogP contribution in [-0.4, -0.2) is 65.7 Å². The summed E-state index contributed by atoms with van der Waals surface area (Å²) in [6.45, 7) is 4.09. The topological polar surface area (TPSA) is 82.0 Å². The zero-order valence-corrected chi connectivity index (χ0v) is 20.5. The van der Waals surface area contributed by atoms with Crippen molar-refractivity contribution in [2.75, 3.05) is 26.2 Å². The maximum atomic E-state index is 13.5. The van der Waals surface area contributed by atoms with E-state index < -0.39 is 5.92 Å². The number of benzene rings is 1. The number of likely N-dealkylation sites (tertiary alicyclic amines) is 1. The van der Waals surface area contributed by atoms with Crippen LogP contribution in [0.15, 0.2) is 34.3 Å². The van der Waals surface area contributed by atoms with Gasteiger partial charge in [0.15, 0.2) is 0 Å². The molecule has 1 aromatic heterocycles. The number of nitrogens with one attached hydrogen (secondary N) is 2. The van der Waals surface area contributed by atoms with Crippen LogP contribution in [-0.2, 0) is 4.79 Å². The van der Waals surface area contributed by atoms with Crippen molar-refractivity contribution in [1.29, 1.82) is 0 Å². The van der Waals surface area contributed by atoms with Crippen LogP contribution in [0.3, 0.4) is 0 Å². The molecule has 2 saturated heterocycles. The number of hydrogen-bond acceptors (Lipinski definition) is 6. The van der Waals surface area contributed by atoms with E-state index >= 15 is 0 Å². The fraction of sp³-hybridized carbons (Fsp3) is 0.615. The van der Waals surface area contributed by atoms with Gasteiger partial charge in [0.2, 0.25) is 5.91 Å². The minimum absolute atomic E-state index is 0.0233. The normalized spacial score (nSPS) is 29.0. The molecule has 0 spiro atoms. The van der Waals surface area contributed by atoms with Gasteiger partial charge in [0.05, 0.1) is 16.3 Å². The molecule has 1 amide bonds. The van der Waals surface area contributed by atoms with Gasteiger partial charge in [-0.05, 0) is 70.3 Å². The van der Waals surface area contributed by atoms with Crippen molar-refractivity contribution < 1.29 is 4.79 Å². The van der Waals surface area contributed by atoms with Gasteiger partial charge in [-0.25, -0.2) is 9.98 Å². The molecule has 2 atom stereocenters. The predicted molar refractivity (Wildman–Crippen MR) is 138 cm³/mol. The number of carbonyl (C=O) groups is 1. The second-order valence-corrected chi connectivity index (χ2v) is 11.2. The van der Waals surface area contributed by atoms with Crippen LogP contribution >= 0.6 is 11.3 Å². The first-order chi connectivity index (χ1) is 16.7. The van der Waals surface area contributed by atoms with E-state index in [0.717, 1.165) is 79.0 Å². The van der Waals surface area contributed by atoms with Crippen LogP contribution in [0.2, 0.25) is 0 Å². The first-order valence-corrected chi connectivity index (χ1v) is 13.8. The van der Waals surface area contributed by atoms with E-state index in [1.807, 2.05) is 18.2 Å². The van der Waals surface area contributed by atoms with Crippen molar-refractivity contribution in [2.45, 2.75) is 69.4 Å². The Hall–Kier alpha value is -2.16. The second-order valence-electron chi connectivity index (χ2n) is 10.2. The molecule has 4 aliphatic rings. The fourth-order valence-corrected chi connectivity index (χ4v) is 7.07. The molecule has 0 bridgehead atoms. The van der Waals surface area contributed by atoms with Crippen LogP contribution < -0.4 is 10.6 Å². The number of aliphatic imine (C=N–C) groups is 2. The minimum Gasteiger partial charge on any atom is -0.315 e. The highest BCUT2D eigenvalue weighted by Crippen LogP contribution is 2.33. The van der Waals surface area contributed by atoms with Crippen LogP contribution in [0.5, 0.6) is 0 Å². The third-order valence-corrected chi connectivity index (χ3v) is 9.01. The van der Waals surface area contributed by atoms with Gasteiger partial charge in [-0.2, -0.15) is 0 Å². The molecular weight excluding hydrogens is 444 g/mol. The van der Waals surface area contributed by atoms with Gasteiger partial charge in [0.1, 0.15) is 22.6 Å². The highest BCUT2D eigenvalue weighted by molar-refractivity contribution is 7.18. The van der Waals surface area contributed by atoms with Crippen molar-refractivity contribution in [3.8, 4) is 0 Å². The summed E-state index contributed by atoms with van der Waals surface area (Å²) < 4.78 is 1.10. The van der Waals surface area contributed by atoms with Gasteiger partial charge in [-0.1, -0.05) is 25.0 Å². The van der Waals surface area contributed by atoms with Crippen molar-refractivity contribution in [3.63, 3.8) is 0 Å². The summed E-state index contributed by atoms with van der Waals surface area (Å²) in [5.74, 6) is 1.24. The first-order valence-electron chi connectivity index (χ1n) is 13.0. The number of para-hydroxylation sites is 1. The first kappa shape index (κ1) is 22.3. The molecule has 2 N–H and O–H groups in total. The van der Waals surface area contributed by atoms with Crippen molar-refractivity contribution >= 4 is 39.1 Å². The smallest absolute Gasteiger partial charge is 0.243 e. The summed E-state index contributed by atoms with van der Waals surface area (Å²) in [6, 6.07) is 9.01. The van der Waals surface area contributed by atoms with Crippen molar-refractivity contribution in [1.82, 2.24) is 20.5 Å². The van der Waals surface area contributed by atoms with E-state index in [1.54, 1.807) is 11.3 Å². The summed E-state index contributed by atoms with van der Waals surface area (Å²) in [7, 11) is 0. The quantitative estimate of drug-likeness (QED) is 0.702. The van der Waals surface area contributed by atoms with Gasteiger partial charge in [0, 0.05) is 18.5 Å². The lowest BCUT2D eigenvalue weighted by molar-refractivity contribution is -0.120. The molecule has 0 radical (unpaired) electrons. The molecule has 7 nitrogen and oxygen atoms in total. The Kier molecular flexibility index (Phi) is 6.45. The van der Waals surface area contributed by atoms with Gasteiger partial charge >= 0.3 is 0 Å². The van der Waals surface area contributed by atoms with Crippen molar-refractivity contribution in [2.24, 2.45) is 15.9 Å². The number of nitrogens with zero attached hydrogens (tertiary/aromatic N) is 4. The van der Waals surface area contributed by atoms with E-state index in [9.17, 15) is 4.79 Å². The SMILES string of the molecule is O=C1NC(C2CCN(C3CCCC3)CC2)=NC(=N[C@@H]2CCCNC2)C1c1nc2ccccc2s1. The van der Waals surface area contributed by atoms with Gasteiger partial charge in [-0.15, -0.1) is 11.3 Å². The number of amides is 1. The van der Waals surface area contributed by atoms with E-state index in [1.165, 1.54) is 25.7 Å². The van der Waals surface area contributed by atoms with E-state index in [2.05, 4.69) is 21.6 Å². The molecule has 4 heterocycles. The maximum absolute atomic E-state index is 13.5. The lowest BCUT2D eigenvalue weighted by Crippen LogP contribution is -2.49. The molecule has 1 aliphatic carbocycles. The lowest BCUT2D eigenvalue weighted by Gasteiger charge is -2.37. The molecule has 1 saturated carbocycles. The van der Waals surface area contributed by atoms with E-state index in [0.29, 0.717) is 11.8 Å². The molecule has 8 heteroatoms. The van der Waals surface area contributed by atoms with E-state index in [4.69, 9.17) is 15.0 Å². The molecule has 34 heavy (non-hydrogen) atoms. The summed E-state index contributed by atoms with van der Waals surface area (Å²) in [4.78, 5) is 31.1. The largest absolute Gasteiger partial charge is 0.315 e. The average Bonchev–Trinajstić information content (AvgIpc) is 3.55. The van der Waals surface area contributed by atoms with Crippen LogP contribution in [0.1, 0.15) is 62.3 Å². The Morgan fingerprint density at radius 1 is 1.03 bits per heavy atom. The standard InChI is InChI=1S/C26H34N6OS/c33-25-22(26-29-20-9-3-4-10-21(20)34-26)24(28-18-6-5-13-27-16-18)30-23(31-25)17-11-14-32(15-12-17)19-7-1-2-8-19/h3-4,9-10,17-19,22,27H,1-2,5-8,11-16H2,(H,28,30,31,33)/t18-,22?/m1/s1. The highest BCUT2D eigenvalue weighted by Gasteiger charge is 2.38. The minimum atomic E-state index is -0.526. The third-order valence-electron chi connectivity index (χ3n) is 7.91. The summed E-state index contributed by atoms with van der Waals surface area (Å²) in [5.41, 5.74) is 0.933. The molecular formula is C26H34N6OS. The molecule has 1 unspecified atom stereocenters. The number of aromatic nitrogens is 1. The number of carbonyl (C=O) groups excluding carboxylic acids is 1. The lowest BCUT2D eigenvalue weighted by atomic mass is 9.92. The average molecular weight is 479 g/mol. The summed E-state index contributed by atoms with van der Waals surface area (Å²) in [5, 5.41) is 7.43. The number of fused-ring (bicyclic) bond motifs is 1. The van der Waals surface area contributed by atoms with Crippen LogP contribution in [0, 0.1) is 5.92 Å². The Bertz CT molecular complexity index is 1060. The highest BCUT2D eigenvalue weighted by atomic mass is 32.1. The second kappa shape index (κ2) is 9.84. The van der Waals surface area contributed by atoms with E-state index in [-0.39, 0.29) is 11.9 Å². The maximum Gasteiger partial charge on any atom is 0.243 e. The Balaban J connectivity index is 1.27. The predicted octanol–water partition coefficient (Wildman–Crippen LogP) is 3.71. The van der Waals surface area contributed by atoms with Crippen LogP contribution in [0.25, 0.3) is 10.2 Å². The fourth-order valence-electron chi connectivity index (χ4n) is 6.00. The van der Waals surface area contributed by atoms with Gasteiger partial charge in [-0.3, -0.25) is 9.79 Å². The summed E-state index contributed by atoms with van der Waals surface area (Å²) >= 11 is 1.58. The number of amidine groups is 2. The number of thiazole rings is 1. The summed E-state index contributed by atoms with van der Waals surface area (Å²) in [6.07, 6.45) is 9.69. The molecule has 6 rings (SSSR count).